The van der Waals surface area contributed by atoms with E-state index in [1.54, 1.807) is 31.2 Å². The molecule has 0 spiro atoms. The molecule has 0 unspecified atom stereocenters. The predicted molar refractivity (Wildman–Crippen MR) is 118 cm³/mol. The number of aliphatic hydroxyl groups excluding tert-OH is 1. The van der Waals surface area contributed by atoms with Crippen LogP contribution in [0.1, 0.15) is 41.2 Å². The smallest absolute Gasteiger partial charge is 0.296 e. The zero-order valence-electron chi connectivity index (χ0n) is 17.9. The van der Waals surface area contributed by atoms with Crippen molar-refractivity contribution in [2.45, 2.75) is 39.0 Å². The number of rotatable bonds is 4. The lowest BCUT2D eigenvalue weighted by Gasteiger charge is -2.23. The summed E-state index contributed by atoms with van der Waals surface area (Å²) in [5.41, 5.74) is 2.36. The van der Waals surface area contributed by atoms with E-state index in [0.717, 1.165) is 23.3 Å². The van der Waals surface area contributed by atoms with Crippen molar-refractivity contribution in [2.75, 3.05) is 0 Å². The molecule has 0 aliphatic carbocycles. The number of aliphatic hydroxyl groups is 1. The number of amides is 1. The SMILES string of the molecule is Cc1ccc([C@H]2/C(=C(\O)c3ccc4c(c3)C[C@H](C)O4)C(=O)C(=O)N2Cc2ccccc2)o1. The first-order chi connectivity index (χ1) is 15.4. The molecular formula is C26H23NO5. The van der Waals surface area contributed by atoms with Crippen LogP contribution < -0.4 is 4.74 Å². The molecule has 3 heterocycles. The third kappa shape index (κ3) is 3.38. The molecule has 2 aromatic carbocycles. The Labute approximate surface area is 185 Å². The summed E-state index contributed by atoms with van der Waals surface area (Å²) >= 11 is 0. The van der Waals surface area contributed by atoms with Crippen molar-refractivity contribution in [3.8, 4) is 5.75 Å². The monoisotopic (exact) mass is 429 g/mol. The zero-order valence-corrected chi connectivity index (χ0v) is 17.9. The summed E-state index contributed by atoms with van der Waals surface area (Å²) in [4.78, 5) is 27.6. The van der Waals surface area contributed by atoms with Crippen LogP contribution in [0.2, 0.25) is 0 Å². The quantitative estimate of drug-likeness (QED) is 0.374. The fourth-order valence-corrected chi connectivity index (χ4v) is 4.44. The summed E-state index contributed by atoms with van der Waals surface area (Å²) in [6.07, 6.45) is 0.782. The van der Waals surface area contributed by atoms with Crippen LogP contribution in [0.15, 0.2) is 70.7 Å². The van der Waals surface area contributed by atoms with E-state index >= 15 is 0 Å². The van der Waals surface area contributed by atoms with Crippen molar-refractivity contribution in [3.63, 3.8) is 0 Å². The molecule has 1 fully saturated rings. The van der Waals surface area contributed by atoms with E-state index in [2.05, 4.69) is 0 Å². The van der Waals surface area contributed by atoms with Crippen LogP contribution >= 0.6 is 0 Å². The first-order valence-electron chi connectivity index (χ1n) is 10.6. The Morgan fingerprint density at radius 1 is 1.09 bits per heavy atom. The van der Waals surface area contributed by atoms with E-state index in [1.807, 2.05) is 43.3 Å². The number of benzene rings is 2. The molecule has 2 aliphatic heterocycles. The van der Waals surface area contributed by atoms with E-state index in [-0.39, 0.29) is 24.0 Å². The molecule has 0 saturated carbocycles. The third-order valence-corrected chi connectivity index (χ3v) is 5.94. The minimum atomic E-state index is -0.813. The van der Waals surface area contributed by atoms with Crippen LogP contribution in [0.3, 0.4) is 0 Å². The summed E-state index contributed by atoms with van der Waals surface area (Å²) < 4.78 is 11.6. The van der Waals surface area contributed by atoms with Crippen LogP contribution in [-0.4, -0.2) is 27.8 Å². The highest BCUT2D eigenvalue weighted by Gasteiger charge is 2.47. The van der Waals surface area contributed by atoms with E-state index < -0.39 is 17.7 Å². The molecule has 1 N–H and O–H groups in total. The van der Waals surface area contributed by atoms with Gasteiger partial charge in [-0.3, -0.25) is 9.59 Å². The number of hydrogen-bond donors (Lipinski definition) is 1. The van der Waals surface area contributed by atoms with Crippen molar-refractivity contribution in [2.24, 2.45) is 0 Å². The molecule has 6 nitrogen and oxygen atoms in total. The molecule has 6 heteroatoms. The van der Waals surface area contributed by atoms with Gasteiger partial charge in [-0.2, -0.15) is 0 Å². The van der Waals surface area contributed by atoms with Crippen molar-refractivity contribution in [1.29, 1.82) is 0 Å². The molecule has 0 bridgehead atoms. The van der Waals surface area contributed by atoms with Gasteiger partial charge in [0.15, 0.2) is 0 Å². The van der Waals surface area contributed by atoms with Crippen molar-refractivity contribution >= 4 is 17.4 Å². The Balaban J connectivity index is 1.62. The summed E-state index contributed by atoms with van der Waals surface area (Å²) in [5.74, 6) is 0.290. The van der Waals surface area contributed by atoms with Crippen LogP contribution in [0, 0.1) is 6.92 Å². The average molecular weight is 429 g/mol. The highest BCUT2D eigenvalue weighted by atomic mass is 16.5. The molecule has 1 amide bonds. The van der Waals surface area contributed by atoms with Gasteiger partial charge in [0.2, 0.25) is 0 Å². The van der Waals surface area contributed by atoms with Crippen LogP contribution in [0.5, 0.6) is 5.75 Å². The first-order valence-corrected chi connectivity index (χ1v) is 10.6. The van der Waals surface area contributed by atoms with Crippen molar-refractivity contribution < 1.29 is 23.8 Å². The van der Waals surface area contributed by atoms with Crippen molar-refractivity contribution in [1.82, 2.24) is 4.90 Å². The van der Waals surface area contributed by atoms with Crippen LogP contribution in [0.4, 0.5) is 0 Å². The predicted octanol–water partition coefficient (Wildman–Crippen LogP) is 4.53. The minimum Gasteiger partial charge on any atom is -0.507 e. The Morgan fingerprint density at radius 3 is 2.59 bits per heavy atom. The molecule has 3 aromatic rings. The second kappa shape index (κ2) is 7.71. The van der Waals surface area contributed by atoms with Gasteiger partial charge in [0.1, 0.15) is 35.2 Å². The molecule has 0 radical (unpaired) electrons. The number of likely N-dealkylation sites (tertiary alicyclic amines) is 1. The molecule has 2 aliphatic rings. The van der Waals surface area contributed by atoms with Crippen molar-refractivity contribution in [3.05, 3.63) is 94.4 Å². The third-order valence-electron chi connectivity index (χ3n) is 5.94. The van der Waals surface area contributed by atoms with Gasteiger partial charge in [0, 0.05) is 18.5 Å². The molecule has 5 rings (SSSR count). The highest BCUT2D eigenvalue weighted by molar-refractivity contribution is 6.46. The Hall–Kier alpha value is -3.80. The van der Waals surface area contributed by atoms with Gasteiger partial charge in [0.25, 0.3) is 11.7 Å². The van der Waals surface area contributed by atoms with Crippen LogP contribution in [0.25, 0.3) is 5.76 Å². The lowest BCUT2D eigenvalue weighted by molar-refractivity contribution is -0.140. The molecule has 1 saturated heterocycles. The second-order valence-electron chi connectivity index (χ2n) is 8.32. The Kier molecular flexibility index (Phi) is 4.85. The second-order valence-corrected chi connectivity index (χ2v) is 8.32. The van der Waals surface area contributed by atoms with Gasteiger partial charge in [-0.1, -0.05) is 30.3 Å². The van der Waals surface area contributed by atoms with Gasteiger partial charge in [-0.15, -0.1) is 0 Å². The van der Waals surface area contributed by atoms with E-state index in [0.29, 0.717) is 17.1 Å². The van der Waals surface area contributed by atoms with Crippen LogP contribution in [-0.2, 0) is 22.6 Å². The van der Waals surface area contributed by atoms with Gasteiger partial charge < -0.3 is 19.2 Å². The van der Waals surface area contributed by atoms with E-state index in [4.69, 9.17) is 9.15 Å². The number of hydrogen-bond acceptors (Lipinski definition) is 5. The summed E-state index contributed by atoms with van der Waals surface area (Å²) in [6, 6.07) is 17.5. The molecule has 162 valence electrons. The number of Topliss-reactive ketones (excluding diaryl/α,β-unsaturated/α-hetero) is 1. The Morgan fingerprint density at radius 2 is 1.88 bits per heavy atom. The maximum absolute atomic E-state index is 13.1. The number of nitrogens with zero attached hydrogens (tertiary/aromatic N) is 1. The number of ketones is 1. The molecule has 2 atom stereocenters. The molecule has 1 aromatic heterocycles. The lowest BCUT2D eigenvalue weighted by Crippen LogP contribution is -2.29. The fraction of sp³-hybridized carbons (Fsp3) is 0.231. The zero-order chi connectivity index (χ0) is 22.4. The number of fused-ring (bicyclic) bond motifs is 1. The van der Waals surface area contributed by atoms with Gasteiger partial charge in [-0.25, -0.2) is 0 Å². The number of ether oxygens (including phenoxy) is 1. The summed E-state index contributed by atoms with van der Waals surface area (Å²) in [7, 11) is 0. The van der Waals surface area contributed by atoms with Gasteiger partial charge >= 0.3 is 0 Å². The number of carbonyl (C=O) groups is 2. The normalized spacial score (nSPS) is 21.6. The molecular weight excluding hydrogens is 406 g/mol. The largest absolute Gasteiger partial charge is 0.507 e. The summed E-state index contributed by atoms with van der Waals surface area (Å²) in [6.45, 7) is 4.00. The fourth-order valence-electron chi connectivity index (χ4n) is 4.44. The topological polar surface area (TPSA) is 80.0 Å². The lowest BCUT2D eigenvalue weighted by atomic mass is 9.97. The number of carbonyl (C=O) groups excluding carboxylic acids is 2. The number of furan rings is 1. The average Bonchev–Trinajstić information content (AvgIpc) is 3.44. The van der Waals surface area contributed by atoms with E-state index in [9.17, 15) is 14.7 Å². The maximum Gasteiger partial charge on any atom is 0.296 e. The van der Waals surface area contributed by atoms with Gasteiger partial charge in [-0.05, 0) is 55.3 Å². The molecule has 32 heavy (non-hydrogen) atoms. The highest BCUT2D eigenvalue weighted by Crippen LogP contribution is 2.41. The number of aryl methyl sites for hydroxylation is 1. The minimum absolute atomic E-state index is 0.0344. The van der Waals surface area contributed by atoms with Gasteiger partial charge in [0.05, 0.1) is 5.57 Å². The Bertz CT molecular complexity index is 1240. The van der Waals surface area contributed by atoms with E-state index in [1.165, 1.54) is 4.90 Å². The summed E-state index contributed by atoms with van der Waals surface area (Å²) in [5, 5.41) is 11.2. The standard InChI is InChI=1S/C26H23NO5/c1-15-8-10-21(31-15)23-22(24(28)18-9-11-20-19(13-18)12-16(2)32-20)25(29)26(30)27(23)14-17-6-4-3-5-7-17/h3-11,13,16,23,28H,12,14H2,1-2H3/b24-22+/t16-,23-/m0/s1. The first kappa shape index (κ1) is 20.1. The maximum atomic E-state index is 13.1.